The Balaban J connectivity index is 1.59. The first-order valence-electron chi connectivity index (χ1n) is 11.4. The number of carbonyl (C=O) groups excluding carboxylic acids is 1. The van der Waals surface area contributed by atoms with Gasteiger partial charge in [-0.15, -0.1) is 16.8 Å². The molecule has 0 aliphatic heterocycles. The Kier molecular flexibility index (Phi) is 6.98. The number of halogens is 1. The van der Waals surface area contributed by atoms with E-state index in [0.717, 1.165) is 5.56 Å². The summed E-state index contributed by atoms with van der Waals surface area (Å²) in [6, 6.07) is 21.7. The number of nitrogens with zero attached hydrogens (tertiary/aromatic N) is 4. The quantitative estimate of drug-likeness (QED) is 0.214. The van der Waals surface area contributed by atoms with Crippen molar-refractivity contribution < 1.29 is 9.53 Å². The van der Waals surface area contributed by atoms with Crippen LogP contribution in [0.3, 0.4) is 0 Å². The molecule has 0 radical (unpaired) electrons. The third-order valence-corrected chi connectivity index (χ3v) is 7.27. The zero-order valence-electron chi connectivity index (χ0n) is 19.8. The average Bonchev–Trinajstić information content (AvgIpc) is 3.34. The molecule has 1 atom stereocenters. The Morgan fingerprint density at radius 3 is 2.62 bits per heavy atom. The van der Waals surface area contributed by atoms with Crippen LogP contribution in [0.15, 0.2) is 95.4 Å². The van der Waals surface area contributed by atoms with E-state index >= 15 is 0 Å². The van der Waals surface area contributed by atoms with Crippen LogP contribution in [0.1, 0.15) is 10.8 Å². The average molecular weight is 532 g/mol. The van der Waals surface area contributed by atoms with Crippen molar-refractivity contribution in [3.63, 3.8) is 0 Å². The Morgan fingerprint density at radius 2 is 1.89 bits per heavy atom. The van der Waals surface area contributed by atoms with Crippen LogP contribution in [0.4, 0.5) is 5.69 Å². The molecule has 0 aliphatic rings. The third kappa shape index (κ3) is 4.71. The van der Waals surface area contributed by atoms with Gasteiger partial charge in [-0.25, -0.2) is 0 Å². The molecule has 186 valence electrons. The second-order valence-corrected chi connectivity index (χ2v) is 9.57. The first kappa shape index (κ1) is 24.6. The van der Waals surface area contributed by atoms with E-state index in [2.05, 4.69) is 22.1 Å². The number of hydrogen-bond donors (Lipinski definition) is 1. The number of amides is 1. The number of anilines is 1. The van der Waals surface area contributed by atoms with Crippen LogP contribution in [-0.4, -0.2) is 32.2 Å². The minimum absolute atomic E-state index is 0.180. The number of thioether (sulfide) groups is 1. The smallest absolute Gasteiger partial charge is 0.263 e. The fourth-order valence-corrected chi connectivity index (χ4v) is 5.36. The number of benzene rings is 3. The molecule has 0 bridgehead atoms. The van der Waals surface area contributed by atoms with Crippen molar-refractivity contribution in [2.24, 2.45) is 0 Å². The Morgan fingerprint density at radius 1 is 1.14 bits per heavy atom. The summed E-state index contributed by atoms with van der Waals surface area (Å²) in [5, 5.41) is 12.4. The van der Waals surface area contributed by atoms with E-state index in [-0.39, 0.29) is 18.0 Å². The van der Waals surface area contributed by atoms with E-state index < -0.39 is 5.25 Å². The molecule has 0 spiro atoms. The van der Waals surface area contributed by atoms with Gasteiger partial charge in [0, 0.05) is 12.2 Å². The van der Waals surface area contributed by atoms with Gasteiger partial charge in [-0.2, -0.15) is 0 Å². The number of para-hydroxylation sites is 1. The van der Waals surface area contributed by atoms with Crippen LogP contribution in [0.5, 0.6) is 5.75 Å². The number of carbonyl (C=O) groups is 1. The Bertz CT molecular complexity index is 1680. The van der Waals surface area contributed by atoms with Gasteiger partial charge in [0.1, 0.15) is 11.0 Å². The molecule has 10 heteroatoms. The summed E-state index contributed by atoms with van der Waals surface area (Å²) < 4.78 is 8.53. The van der Waals surface area contributed by atoms with Crippen LogP contribution >= 0.6 is 23.4 Å². The largest absolute Gasteiger partial charge is 0.495 e. The van der Waals surface area contributed by atoms with Crippen molar-refractivity contribution in [1.82, 2.24) is 19.2 Å². The molecular weight excluding hydrogens is 510 g/mol. The number of rotatable bonds is 8. The van der Waals surface area contributed by atoms with Gasteiger partial charge in [0.15, 0.2) is 5.16 Å². The van der Waals surface area contributed by atoms with Gasteiger partial charge in [0.05, 0.1) is 23.0 Å². The lowest BCUT2D eigenvalue weighted by Crippen LogP contribution is -2.23. The van der Waals surface area contributed by atoms with Gasteiger partial charge in [0.25, 0.3) is 5.56 Å². The number of methoxy groups -OCH3 is 1. The molecule has 0 saturated carbocycles. The molecule has 37 heavy (non-hydrogen) atoms. The minimum atomic E-state index is -0.673. The van der Waals surface area contributed by atoms with Crippen molar-refractivity contribution in [3.8, 4) is 5.75 Å². The van der Waals surface area contributed by atoms with Crippen molar-refractivity contribution >= 4 is 51.6 Å². The molecule has 8 nitrogen and oxygen atoms in total. The van der Waals surface area contributed by atoms with E-state index in [1.165, 1.54) is 23.4 Å². The SMILES string of the molecule is C=CCn1c(=O)c2ccccc2n2c(SC(C(=O)Nc3ccc(OC)c(Cl)c3)c3ccccc3)nnc12. The van der Waals surface area contributed by atoms with Gasteiger partial charge in [-0.05, 0) is 35.9 Å². The Hall–Kier alpha value is -4.08. The summed E-state index contributed by atoms with van der Waals surface area (Å²) in [7, 11) is 1.53. The zero-order valence-corrected chi connectivity index (χ0v) is 21.4. The molecule has 0 saturated heterocycles. The number of allylic oxidation sites excluding steroid dienone is 1. The normalized spacial score (nSPS) is 11.9. The summed E-state index contributed by atoms with van der Waals surface area (Å²) >= 11 is 7.50. The van der Waals surface area contributed by atoms with E-state index in [9.17, 15) is 9.59 Å². The molecule has 1 amide bonds. The number of nitrogens with one attached hydrogen (secondary N) is 1. The lowest BCUT2D eigenvalue weighted by atomic mass is 10.1. The second-order valence-electron chi connectivity index (χ2n) is 8.09. The van der Waals surface area contributed by atoms with E-state index in [1.54, 1.807) is 34.7 Å². The molecule has 1 unspecified atom stereocenters. The molecule has 1 N–H and O–H groups in total. The van der Waals surface area contributed by atoms with Crippen LogP contribution in [0, 0.1) is 0 Å². The summed E-state index contributed by atoms with van der Waals surface area (Å²) in [6.07, 6.45) is 1.64. The summed E-state index contributed by atoms with van der Waals surface area (Å²) in [5.74, 6) is 0.624. The second kappa shape index (κ2) is 10.5. The third-order valence-electron chi connectivity index (χ3n) is 5.77. The summed E-state index contributed by atoms with van der Waals surface area (Å²) in [5.41, 5.74) is 1.80. The van der Waals surface area contributed by atoms with Crippen LogP contribution in [-0.2, 0) is 11.3 Å². The maximum Gasteiger partial charge on any atom is 0.263 e. The highest BCUT2D eigenvalue weighted by Gasteiger charge is 2.26. The fourth-order valence-electron chi connectivity index (χ4n) is 4.06. The maximum atomic E-state index is 13.6. The van der Waals surface area contributed by atoms with Crippen molar-refractivity contribution in [2.75, 3.05) is 12.4 Å². The number of hydrogen-bond acceptors (Lipinski definition) is 6. The monoisotopic (exact) mass is 531 g/mol. The summed E-state index contributed by atoms with van der Waals surface area (Å²) in [6.45, 7) is 4.04. The summed E-state index contributed by atoms with van der Waals surface area (Å²) in [4.78, 5) is 26.7. The van der Waals surface area contributed by atoms with E-state index in [0.29, 0.717) is 38.3 Å². The van der Waals surface area contributed by atoms with Crippen molar-refractivity contribution in [1.29, 1.82) is 0 Å². The maximum absolute atomic E-state index is 13.6. The standard InChI is InChI=1S/C27H22ClN5O3S/c1-3-15-32-25(35)19-11-7-8-12-21(19)33-26(32)30-31-27(33)37-23(17-9-5-4-6-10-17)24(34)29-18-13-14-22(36-2)20(28)16-18/h3-14,16,23H,1,15H2,2H3,(H,29,34). The number of fused-ring (bicyclic) bond motifs is 3. The lowest BCUT2D eigenvalue weighted by Gasteiger charge is -2.17. The van der Waals surface area contributed by atoms with E-state index in [4.69, 9.17) is 16.3 Å². The van der Waals surface area contributed by atoms with Crippen LogP contribution in [0.2, 0.25) is 5.02 Å². The van der Waals surface area contributed by atoms with Gasteiger partial charge in [-0.1, -0.05) is 71.9 Å². The molecule has 3 aromatic carbocycles. The number of ether oxygens (including phenoxy) is 1. The predicted octanol–water partition coefficient (Wildman–Crippen LogP) is 5.36. The molecular formula is C27H22ClN5O3S. The highest BCUT2D eigenvalue weighted by Crippen LogP contribution is 2.37. The van der Waals surface area contributed by atoms with Crippen LogP contribution < -0.4 is 15.6 Å². The Labute approximate surface area is 221 Å². The lowest BCUT2D eigenvalue weighted by molar-refractivity contribution is -0.115. The first-order chi connectivity index (χ1) is 18.0. The number of aromatic nitrogens is 4. The molecule has 5 rings (SSSR count). The first-order valence-corrected chi connectivity index (χ1v) is 12.6. The zero-order chi connectivity index (χ0) is 25.9. The van der Waals surface area contributed by atoms with E-state index in [1.807, 2.05) is 48.5 Å². The molecule has 0 aliphatic carbocycles. The van der Waals surface area contributed by atoms with Gasteiger partial charge >= 0.3 is 0 Å². The molecule has 5 aromatic rings. The van der Waals surface area contributed by atoms with Gasteiger partial charge < -0.3 is 10.1 Å². The predicted molar refractivity (Wildman–Crippen MR) is 147 cm³/mol. The molecule has 2 heterocycles. The fraction of sp³-hybridized carbons (Fsp3) is 0.111. The van der Waals surface area contributed by atoms with Gasteiger partial charge in [-0.3, -0.25) is 18.6 Å². The van der Waals surface area contributed by atoms with Crippen molar-refractivity contribution in [2.45, 2.75) is 17.0 Å². The van der Waals surface area contributed by atoms with Crippen molar-refractivity contribution in [3.05, 3.63) is 106 Å². The van der Waals surface area contributed by atoms with Crippen LogP contribution in [0.25, 0.3) is 16.7 Å². The molecule has 0 fully saturated rings. The highest BCUT2D eigenvalue weighted by atomic mass is 35.5. The minimum Gasteiger partial charge on any atom is -0.495 e. The highest BCUT2D eigenvalue weighted by molar-refractivity contribution is 8.00. The molecule has 2 aromatic heterocycles. The van der Waals surface area contributed by atoms with Gasteiger partial charge in [0.2, 0.25) is 11.7 Å². The topological polar surface area (TPSA) is 90.5 Å².